The van der Waals surface area contributed by atoms with Gasteiger partial charge in [-0.2, -0.15) is 0 Å². The van der Waals surface area contributed by atoms with E-state index in [1.165, 1.54) is 141 Å². The summed E-state index contributed by atoms with van der Waals surface area (Å²) in [5.41, 5.74) is 0. The summed E-state index contributed by atoms with van der Waals surface area (Å²) in [6.07, 6.45) is 64.9. The number of allylic oxidation sites excluding steroid dienone is 10. The van der Waals surface area contributed by atoms with E-state index in [4.69, 9.17) is 14.2 Å². The first-order valence-electron chi connectivity index (χ1n) is 27.3. The van der Waals surface area contributed by atoms with Gasteiger partial charge in [0.1, 0.15) is 13.2 Å². The second kappa shape index (κ2) is 52.7. The predicted octanol–water partition coefficient (Wildman–Crippen LogP) is 18.0. The van der Waals surface area contributed by atoms with Gasteiger partial charge >= 0.3 is 17.9 Å². The molecule has 0 heterocycles. The normalized spacial score (nSPS) is 12.5. The van der Waals surface area contributed by atoms with Crippen molar-refractivity contribution in [1.29, 1.82) is 0 Å². The third kappa shape index (κ3) is 50.1. The zero-order valence-corrected chi connectivity index (χ0v) is 42.3. The minimum Gasteiger partial charge on any atom is -0.462 e. The van der Waals surface area contributed by atoms with Gasteiger partial charge in [0.25, 0.3) is 0 Å². The number of unbranched alkanes of at least 4 members (excludes halogenated alkanes) is 28. The summed E-state index contributed by atoms with van der Waals surface area (Å²) < 4.78 is 16.8. The standard InChI is InChI=1S/C58H102O6/c1-4-7-10-13-16-19-22-24-26-28-29-31-32-34-36-39-42-45-48-51-57(60)63-54-55(53-62-56(59)50-47-44-41-38-21-18-15-12-9-6-3)64-58(61)52-49-46-43-40-37-35-33-30-27-25-23-20-17-14-11-8-5-2/h16-17,19-20,24-27,29,31,55H,4-15,18,21-23,28,30,32-54H2,1-3H3/b19-16-,20-17-,26-24-,27-25-,31-29-. The van der Waals surface area contributed by atoms with E-state index in [0.29, 0.717) is 19.3 Å². The molecule has 0 aliphatic carbocycles. The van der Waals surface area contributed by atoms with Gasteiger partial charge in [-0.05, 0) is 89.9 Å². The molecule has 370 valence electrons. The molecule has 1 atom stereocenters. The van der Waals surface area contributed by atoms with Gasteiger partial charge in [-0.15, -0.1) is 0 Å². The maximum absolute atomic E-state index is 12.8. The van der Waals surface area contributed by atoms with Gasteiger partial charge in [-0.1, -0.05) is 223 Å². The van der Waals surface area contributed by atoms with Crippen molar-refractivity contribution >= 4 is 17.9 Å². The number of ether oxygens (including phenoxy) is 3. The minimum atomic E-state index is -0.781. The molecule has 64 heavy (non-hydrogen) atoms. The zero-order chi connectivity index (χ0) is 46.5. The van der Waals surface area contributed by atoms with E-state index in [2.05, 4.69) is 81.5 Å². The van der Waals surface area contributed by atoms with Crippen molar-refractivity contribution < 1.29 is 28.6 Å². The molecule has 0 saturated heterocycles. The van der Waals surface area contributed by atoms with Crippen LogP contribution in [-0.2, 0) is 28.6 Å². The van der Waals surface area contributed by atoms with Gasteiger partial charge in [0.15, 0.2) is 6.10 Å². The van der Waals surface area contributed by atoms with Crippen molar-refractivity contribution in [3.05, 3.63) is 60.8 Å². The van der Waals surface area contributed by atoms with Crippen LogP contribution in [0.1, 0.15) is 271 Å². The lowest BCUT2D eigenvalue weighted by atomic mass is 10.1. The van der Waals surface area contributed by atoms with Crippen LogP contribution in [0.2, 0.25) is 0 Å². The van der Waals surface area contributed by atoms with Crippen molar-refractivity contribution in [2.45, 2.75) is 277 Å². The molecule has 6 heteroatoms. The first-order chi connectivity index (χ1) is 31.5. The average molecular weight is 895 g/mol. The van der Waals surface area contributed by atoms with E-state index in [-0.39, 0.29) is 31.1 Å². The maximum atomic E-state index is 12.8. The number of hydrogen-bond donors (Lipinski definition) is 0. The molecule has 0 spiro atoms. The fourth-order valence-corrected chi connectivity index (χ4v) is 7.60. The van der Waals surface area contributed by atoms with Crippen LogP contribution in [0.15, 0.2) is 60.8 Å². The van der Waals surface area contributed by atoms with E-state index < -0.39 is 6.10 Å². The lowest BCUT2D eigenvalue weighted by Gasteiger charge is -2.18. The number of esters is 3. The molecule has 6 nitrogen and oxygen atoms in total. The Bertz CT molecular complexity index is 1170. The summed E-state index contributed by atoms with van der Waals surface area (Å²) in [5.74, 6) is -0.896. The van der Waals surface area contributed by atoms with Crippen LogP contribution >= 0.6 is 0 Å². The number of hydrogen-bond acceptors (Lipinski definition) is 6. The molecule has 0 aliphatic heterocycles. The van der Waals surface area contributed by atoms with Crippen LogP contribution in [0.25, 0.3) is 0 Å². The van der Waals surface area contributed by atoms with E-state index in [1.807, 2.05) is 0 Å². The topological polar surface area (TPSA) is 78.9 Å². The number of carbonyl (C=O) groups excluding carboxylic acids is 3. The monoisotopic (exact) mass is 895 g/mol. The Morgan fingerprint density at radius 2 is 0.562 bits per heavy atom. The Morgan fingerprint density at radius 3 is 0.906 bits per heavy atom. The highest BCUT2D eigenvalue weighted by Crippen LogP contribution is 2.15. The predicted molar refractivity (Wildman–Crippen MR) is 275 cm³/mol. The molecular weight excluding hydrogens is 793 g/mol. The maximum Gasteiger partial charge on any atom is 0.306 e. The summed E-state index contributed by atoms with van der Waals surface area (Å²) in [5, 5.41) is 0. The van der Waals surface area contributed by atoms with Crippen molar-refractivity contribution in [2.75, 3.05) is 13.2 Å². The van der Waals surface area contributed by atoms with E-state index in [9.17, 15) is 14.4 Å². The van der Waals surface area contributed by atoms with Crippen LogP contribution < -0.4 is 0 Å². The summed E-state index contributed by atoms with van der Waals surface area (Å²) in [4.78, 5) is 38.0. The number of carbonyl (C=O) groups is 3. The minimum absolute atomic E-state index is 0.0801. The molecule has 0 aromatic rings. The summed E-state index contributed by atoms with van der Waals surface area (Å²) in [7, 11) is 0. The lowest BCUT2D eigenvalue weighted by Crippen LogP contribution is -2.30. The SMILES string of the molecule is CCCCC/C=C\C/C=C\C/C=C\CCCCCCCCC(=O)OCC(COC(=O)CCCCCCCCCCCC)OC(=O)CCCCCCCCC/C=C\C/C=C\CCCCC. The van der Waals surface area contributed by atoms with Gasteiger partial charge in [0, 0.05) is 19.3 Å². The van der Waals surface area contributed by atoms with Gasteiger partial charge in [0.2, 0.25) is 0 Å². The van der Waals surface area contributed by atoms with E-state index in [1.54, 1.807) is 0 Å². The second-order valence-corrected chi connectivity index (χ2v) is 18.1. The highest BCUT2D eigenvalue weighted by atomic mass is 16.6. The molecule has 0 aliphatic rings. The van der Waals surface area contributed by atoms with Crippen LogP contribution in [0.4, 0.5) is 0 Å². The van der Waals surface area contributed by atoms with Crippen LogP contribution in [0.3, 0.4) is 0 Å². The second-order valence-electron chi connectivity index (χ2n) is 18.1. The van der Waals surface area contributed by atoms with Crippen LogP contribution in [0, 0.1) is 0 Å². The summed E-state index contributed by atoms with van der Waals surface area (Å²) >= 11 is 0. The Morgan fingerprint density at radius 1 is 0.312 bits per heavy atom. The van der Waals surface area contributed by atoms with Gasteiger partial charge < -0.3 is 14.2 Å². The Balaban J connectivity index is 4.36. The van der Waals surface area contributed by atoms with Crippen molar-refractivity contribution in [1.82, 2.24) is 0 Å². The summed E-state index contributed by atoms with van der Waals surface area (Å²) in [6.45, 7) is 6.57. The molecular formula is C58H102O6. The smallest absolute Gasteiger partial charge is 0.306 e. The fourth-order valence-electron chi connectivity index (χ4n) is 7.60. The quantitative estimate of drug-likeness (QED) is 0.0262. The van der Waals surface area contributed by atoms with Gasteiger partial charge in [-0.3, -0.25) is 14.4 Å². The van der Waals surface area contributed by atoms with Crippen molar-refractivity contribution in [3.8, 4) is 0 Å². The molecule has 0 saturated carbocycles. The van der Waals surface area contributed by atoms with Crippen LogP contribution in [0.5, 0.6) is 0 Å². The molecule has 0 N–H and O–H groups in total. The third-order valence-corrected chi connectivity index (χ3v) is 11.7. The molecule has 1 unspecified atom stereocenters. The molecule has 0 radical (unpaired) electrons. The van der Waals surface area contributed by atoms with Gasteiger partial charge in [0.05, 0.1) is 0 Å². The fraction of sp³-hybridized carbons (Fsp3) is 0.776. The third-order valence-electron chi connectivity index (χ3n) is 11.7. The molecule has 0 fully saturated rings. The lowest BCUT2D eigenvalue weighted by molar-refractivity contribution is -0.167. The Kier molecular flexibility index (Phi) is 50.4. The average Bonchev–Trinajstić information content (AvgIpc) is 3.29. The molecule has 0 rings (SSSR count). The molecule has 0 amide bonds. The van der Waals surface area contributed by atoms with Gasteiger partial charge in [-0.25, -0.2) is 0 Å². The van der Waals surface area contributed by atoms with E-state index >= 15 is 0 Å². The largest absolute Gasteiger partial charge is 0.462 e. The highest BCUT2D eigenvalue weighted by molar-refractivity contribution is 5.71. The zero-order valence-electron chi connectivity index (χ0n) is 42.3. The molecule has 0 aromatic heterocycles. The van der Waals surface area contributed by atoms with Crippen molar-refractivity contribution in [2.24, 2.45) is 0 Å². The first-order valence-corrected chi connectivity index (χ1v) is 27.3. The van der Waals surface area contributed by atoms with E-state index in [0.717, 1.165) is 89.9 Å². The Hall–Kier alpha value is -2.89. The Labute approximate surface area is 396 Å². The first kappa shape index (κ1) is 61.1. The summed E-state index contributed by atoms with van der Waals surface area (Å²) in [6, 6.07) is 0. The van der Waals surface area contributed by atoms with Crippen molar-refractivity contribution in [3.63, 3.8) is 0 Å². The number of rotatable bonds is 49. The molecule has 0 aromatic carbocycles. The van der Waals surface area contributed by atoms with Crippen LogP contribution in [-0.4, -0.2) is 37.2 Å². The molecule has 0 bridgehead atoms. The highest BCUT2D eigenvalue weighted by Gasteiger charge is 2.19.